The molecule has 2 aliphatic rings. The molecule has 2 aliphatic heterocycles. The van der Waals surface area contributed by atoms with Gasteiger partial charge in [-0.3, -0.25) is 4.79 Å². The molecular weight excluding hydrogens is 436 g/mol. The molecule has 0 atom stereocenters. The quantitative estimate of drug-likeness (QED) is 0.634. The Morgan fingerprint density at radius 3 is 2.66 bits per heavy atom. The summed E-state index contributed by atoms with van der Waals surface area (Å²) in [6, 6.07) is 8.00. The van der Waals surface area contributed by atoms with E-state index in [1.807, 2.05) is 4.90 Å². The molecule has 2 aromatic rings. The predicted molar refractivity (Wildman–Crippen MR) is 118 cm³/mol. The molecule has 1 amide bonds. The molecule has 4 rings (SSSR count). The van der Waals surface area contributed by atoms with E-state index in [0.29, 0.717) is 62.5 Å². The third-order valence-corrected chi connectivity index (χ3v) is 6.50. The van der Waals surface area contributed by atoms with Gasteiger partial charge in [-0.15, -0.1) is 0 Å². The second kappa shape index (κ2) is 10.2. The molecule has 0 bridgehead atoms. The molecule has 10 nitrogen and oxygen atoms in total. The van der Waals surface area contributed by atoms with E-state index in [2.05, 4.69) is 15.0 Å². The van der Waals surface area contributed by atoms with Crippen LogP contribution >= 0.6 is 0 Å². The first kappa shape index (κ1) is 22.3. The Balaban J connectivity index is 1.34. The Morgan fingerprint density at radius 1 is 1.06 bits per heavy atom. The number of morpholine rings is 1. The molecule has 0 saturated carbocycles. The minimum Gasteiger partial charge on any atom is -0.490 e. The average molecular weight is 463 g/mol. The van der Waals surface area contributed by atoms with Gasteiger partial charge in [0, 0.05) is 44.7 Å². The van der Waals surface area contributed by atoms with Crippen molar-refractivity contribution in [2.24, 2.45) is 0 Å². The van der Waals surface area contributed by atoms with Gasteiger partial charge >= 0.3 is 0 Å². The Morgan fingerprint density at radius 2 is 1.84 bits per heavy atom. The number of benzene rings is 1. The SMILES string of the molecule is O=C(CCNS(=O)(=O)c1ccc2c(c1)OCCCO2)Nc1cccnc1N1CCOCC1. The normalized spacial score (nSPS) is 16.3. The topological polar surface area (TPSA) is 119 Å². The van der Waals surface area contributed by atoms with Gasteiger partial charge in [-0.1, -0.05) is 0 Å². The van der Waals surface area contributed by atoms with Crippen LogP contribution in [-0.4, -0.2) is 65.4 Å². The lowest BCUT2D eigenvalue weighted by Gasteiger charge is -2.29. The van der Waals surface area contributed by atoms with Gasteiger partial charge in [-0.2, -0.15) is 0 Å². The van der Waals surface area contributed by atoms with Crippen LogP contribution in [0.4, 0.5) is 11.5 Å². The Bertz CT molecular complexity index is 1060. The molecule has 0 aliphatic carbocycles. The molecule has 1 fully saturated rings. The second-order valence-corrected chi connectivity index (χ2v) is 9.10. The minimum atomic E-state index is -3.80. The van der Waals surface area contributed by atoms with E-state index in [9.17, 15) is 13.2 Å². The Labute approximate surface area is 186 Å². The van der Waals surface area contributed by atoms with Crippen molar-refractivity contribution in [3.8, 4) is 11.5 Å². The number of hydrogen-bond acceptors (Lipinski definition) is 8. The van der Waals surface area contributed by atoms with Crippen LogP contribution in [0.3, 0.4) is 0 Å². The van der Waals surface area contributed by atoms with Crippen LogP contribution in [0.25, 0.3) is 0 Å². The zero-order chi connectivity index (χ0) is 22.4. The number of carbonyl (C=O) groups excluding carboxylic acids is 1. The van der Waals surface area contributed by atoms with Crippen LogP contribution in [0.5, 0.6) is 11.5 Å². The van der Waals surface area contributed by atoms with Crippen LogP contribution in [0.1, 0.15) is 12.8 Å². The lowest BCUT2D eigenvalue weighted by Crippen LogP contribution is -2.37. The summed E-state index contributed by atoms with van der Waals surface area (Å²) in [5.41, 5.74) is 0.588. The first-order valence-corrected chi connectivity index (χ1v) is 12.0. The lowest BCUT2D eigenvalue weighted by molar-refractivity contribution is -0.116. The van der Waals surface area contributed by atoms with Crippen molar-refractivity contribution in [2.75, 3.05) is 56.3 Å². The summed E-state index contributed by atoms with van der Waals surface area (Å²) in [6.07, 6.45) is 2.37. The van der Waals surface area contributed by atoms with Crippen LogP contribution in [-0.2, 0) is 19.6 Å². The van der Waals surface area contributed by atoms with E-state index in [1.54, 1.807) is 24.4 Å². The summed E-state index contributed by atoms with van der Waals surface area (Å²) in [4.78, 5) is 18.9. The van der Waals surface area contributed by atoms with Gasteiger partial charge in [0.15, 0.2) is 17.3 Å². The van der Waals surface area contributed by atoms with E-state index < -0.39 is 10.0 Å². The molecule has 0 spiro atoms. The molecule has 1 aromatic carbocycles. The number of fused-ring (bicyclic) bond motifs is 1. The molecule has 0 radical (unpaired) electrons. The Kier molecular flexibility index (Phi) is 7.08. The van der Waals surface area contributed by atoms with E-state index in [-0.39, 0.29) is 23.8 Å². The van der Waals surface area contributed by atoms with Gasteiger partial charge in [0.25, 0.3) is 0 Å². The first-order chi connectivity index (χ1) is 15.5. The third kappa shape index (κ3) is 5.47. The zero-order valence-electron chi connectivity index (χ0n) is 17.6. The first-order valence-electron chi connectivity index (χ1n) is 10.5. The molecule has 11 heteroatoms. The van der Waals surface area contributed by atoms with Gasteiger partial charge in [0.05, 0.1) is 37.0 Å². The summed E-state index contributed by atoms with van der Waals surface area (Å²) >= 11 is 0. The number of aromatic nitrogens is 1. The Hall–Kier alpha value is -2.89. The van der Waals surface area contributed by atoms with Crippen molar-refractivity contribution in [2.45, 2.75) is 17.7 Å². The molecule has 32 heavy (non-hydrogen) atoms. The van der Waals surface area contributed by atoms with Crippen molar-refractivity contribution in [1.82, 2.24) is 9.71 Å². The van der Waals surface area contributed by atoms with Gasteiger partial charge < -0.3 is 24.4 Å². The maximum absolute atomic E-state index is 12.6. The van der Waals surface area contributed by atoms with Crippen LogP contribution in [0.15, 0.2) is 41.4 Å². The summed E-state index contributed by atoms with van der Waals surface area (Å²) in [5.74, 6) is 1.29. The lowest BCUT2D eigenvalue weighted by atomic mass is 10.3. The van der Waals surface area contributed by atoms with Crippen LogP contribution in [0, 0.1) is 0 Å². The van der Waals surface area contributed by atoms with Crippen molar-refractivity contribution >= 4 is 27.4 Å². The summed E-state index contributed by atoms with van der Waals surface area (Å²) in [5, 5.41) is 2.83. The highest BCUT2D eigenvalue weighted by molar-refractivity contribution is 7.89. The predicted octanol–water partition coefficient (Wildman–Crippen LogP) is 1.39. The second-order valence-electron chi connectivity index (χ2n) is 7.33. The highest BCUT2D eigenvalue weighted by atomic mass is 32.2. The number of anilines is 2. The number of amides is 1. The number of rotatable bonds is 7. The maximum atomic E-state index is 12.6. The van der Waals surface area contributed by atoms with Crippen molar-refractivity contribution in [3.05, 3.63) is 36.5 Å². The van der Waals surface area contributed by atoms with Crippen LogP contribution < -0.4 is 24.4 Å². The minimum absolute atomic E-state index is 0.0266. The summed E-state index contributed by atoms with van der Waals surface area (Å²) in [7, 11) is -3.80. The molecule has 3 heterocycles. The number of carbonyl (C=O) groups is 1. The molecular formula is C21H26N4O6S. The zero-order valence-corrected chi connectivity index (χ0v) is 18.4. The van der Waals surface area contributed by atoms with Crippen LogP contribution in [0.2, 0.25) is 0 Å². The highest BCUT2D eigenvalue weighted by Crippen LogP contribution is 2.31. The van der Waals surface area contributed by atoms with E-state index >= 15 is 0 Å². The van der Waals surface area contributed by atoms with E-state index in [1.165, 1.54) is 12.1 Å². The van der Waals surface area contributed by atoms with Gasteiger partial charge in [0.2, 0.25) is 15.9 Å². The molecule has 2 N–H and O–H groups in total. The average Bonchev–Trinajstić information content (AvgIpc) is 3.05. The largest absolute Gasteiger partial charge is 0.490 e. The fourth-order valence-corrected chi connectivity index (χ4v) is 4.47. The fraction of sp³-hybridized carbons (Fsp3) is 0.429. The standard InChI is InChI=1S/C21H26N4O6S/c26-20(24-17-3-1-7-22-21(17)25-9-13-29-14-10-25)6-8-23-32(27,28)16-4-5-18-19(15-16)31-12-2-11-30-18/h1,3-5,7,15,23H,2,6,8-14H2,(H,24,26). The van der Waals surface area contributed by atoms with Gasteiger partial charge in [-0.25, -0.2) is 18.1 Å². The van der Waals surface area contributed by atoms with Crippen molar-refractivity contribution in [3.63, 3.8) is 0 Å². The number of ether oxygens (including phenoxy) is 3. The van der Waals surface area contributed by atoms with E-state index in [4.69, 9.17) is 14.2 Å². The highest BCUT2D eigenvalue weighted by Gasteiger charge is 2.20. The fourth-order valence-electron chi connectivity index (χ4n) is 3.43. The number of hydrogen-bond donors (Lipinski definition) is 2. The summed E-state index contributed by atoms with van der Waals surface area (Å²) in [6.45, 7) is 3.53. The molecule has 0 unspecified atom stereocenters. The number of nitrogens with zero attached hydrogens (tertiary/aromatic N) is 2. The monoisotopic (exact) mass is 462 g/mol. The molecule has 1 aromatic heterocycles. The van der Waals surface area contributed by atoms with Crippen molar-refractivity contribution < 1.29 is 27.4 Å². The summed E-state index contributed by atoms with van der Waals surface area (Å²) < 4.78 is 44.2. The van der Waals surface area contributed by atoms with E-state index in [0.717, 1.165) is 6.42 Å². The number of pyridine rings is 1. The smallest absolute Gasteiger partial charge is 0.240 e. The molecule has 1 saturated heterocycles. The van der Waals surface area contributed by atoms with Crippen molar-refractivity contribution in [1.29, 1.82) is 0 Å². The van der Waals surface area contributed by atoms with Gasteiger partial charge in [-0.05, 0) is 24.3 Å². The van der Waals surface area contributed by atoms with Gasteiger partial charge in [0.1, 0.15) is 0 Å². The molecule has 172 valence electrons. The maximum Gasteiger partial charge on any atom is 0.240 e. The number of nitrogens with one attached hydrogen (secondary N) is 2. The third-order valence-electron chi connectivity index (χ3n) is 5.04. The number of sulfonamides is 1.